The van der Waals surface area contributed by atoms with Gasteiger partial charge < -0.3 is 10.6 Å². The van der Waals surface area contributed by atoms with Crippen molar-refractivity contribution in [3.63, 3.8) is 0 Å². The second-order valence-corrected chi connectivity index (χ2v) is 6.88. The summed E-state index contributed by atoms with van der Waals surface area (Å²) in [7, 11) is 0. The maximum absolute atomic E-state index is 12.4. The van der Waals surface area contributed by atoms with Crippen LogP contribution in [-0.2, 0) is 15.1 Å². The monoisotopic (exact) mass is 337 g/mol. The van der Waals surface area contributed by atoms with Gasteiger partial charge >= 0.3 is 0 Å². The van der Waals surface area contributed by atoms with Crippen LogP contribution in [0.5, 0.6) is 0 Å². The van der Waals surface area contributed by atoms with Crippen molar-refractivity contribution in [2.75, 3.05) is 19.6 Å². The van der Waals surface area contributed by atoms with Crippen LogP contribution >= 0.6 is 11.6 Å². The van der Waals surface area contributed by atoms with E-state index in [9.17, 15) is 9.59 Å². The fourth-order valence-electron chi connectivity index (χ4n) is 2.91. The zero-order chi connectivity index (χ0) is 17.0. The highest BCUT2D eigenvalue weighted by Gasteiger charge is 2.34. The van der Waals surface area contributed by atoms with Crippen LogP contribution in [0.25, 0.3) is 0 Å². The SMILES string of the molecule is C[C@H]1CCCN(C(=O)CN[C@](C)(C(N)=O)c2cccc(Cl)c2)C1. The van der Waals surface area contributed by atoms with Crippen LogP contribution in [0, 0.1) is 5.92 Å². The Balaban J connectivity index is 2.08. The van der Waals surface area contributed by atoms with Gasteiger partial charge in [-0.15, -0.1) is 0 Å². The Hall–Kier alpha value is -1.59. The summed E-state index contributed by atoms with van der Waals surface area (Å²) in [5.41, 5.74) is 5.08. The predicted octanol–water partition coefficient (Wildman–Crippen LogP) is 1.89. The number of likely N-dealkylation sites (tertiary alicyclic amines) is 1. The standard InChI is InChI=1S/C17H24ClN3O2/c1-12-5-4-8-21(11-12)15(22)10-20-17(2,16(19)23)13-6-3-7-14(18)9-13/h3,6-7,9,12,20H,4-5,8,10-11H2,1-2H3,(H2,19,23)/t12-,17-/m0/s1. The van der Waals surface area contributed by atoms with Crippen molar-refractivity contribution in [3.05, 3.63) is 34.9 Å². The molecule has 1 aromatic rings. The third kappa shape index (κ3) is 4.24. The number of nitrogens with one attached hydrogen (secondary N) is 1. The van der Waals surface area contributed by atoms with Gasteiger partial charge in [-0.05, 0) is 43.4 Å². The number of hydrogen-bond acceptors (Lipinski definition) is 3. The van der Waals surface area contributed by atoms with Crippen molar-refractivity contribution in [1.82, 2.24) is 10.2 Å². The van der Waals surface area contributed by atoms with Crippen molar-refractivity contribution >= 4 is 23.4 Å². The normalized spacial score (nSPS) is 20.8. The Morgan fingerprint density at radius 2 is 2.22 bits per heavy atom. The maximum Gasteiger partial charge on any atom is 0.242 e. The third-order valence-corrected chi connectivity index (χ3v) is 4.73. The minimum atomic E-state index is -1.14. The van der Waals surface area contributed by atoms with Gasteiger partial charge in [0, 0.05) is 18.1 Å². The predicted molar refractivity (Wildman–Crippen MR) is 91.0 cm³/mol. The molecule has 3 N–H and O–H groups in total. The van der Waals surface area contributed by atoms with Crippen LogP contribution in [0.1, 0.15) is 32.3 Å². The molecule has 0 unspecified atom stereocenters. The number of halogens is 1. The van der Waals surface area contributed by atoms with E-state index in [1.165, 1.54) is 0 Å². The van der Waals surface area contributed by atoms with Crippen LogP contribution in [0.4, 0.5) is 0 Å². The summed E-state index contributed by atoms with van der Waals surface area (Å²) in [5, 5.41) is 3.55. The van der Waals surface area contributed by atoms with Gasteiger partial charge in [0.05, 0.1) is 6.54 Å². The second kappa shape index (κ2) is 7.32. The highest BCUT2D eigenvalue weighted by Crippen LogP contribution is 2.23. The van der Waals surface area contributed by atoms with E-state index >= 15 is 0 Å². The van der Waals surface area contributed by atoms with Crippen LogP contribution in [0.3, 0.4) is 0 Å². The van der Waals surface area contributed by atoms with Gasteiger partial charge in [0.25, 0.3) is 0 Å². The quantitative estimate of drug-likeness (QED) is 0.861. The summed E-state index contributed by atoms with van der Waals surface area (Å²) in [6, 6.07) is 6.95. The van der Waals surface area contributed by atoms with Gasteiger partial charge in [-0.3, -0.25) is 14.9 Å². The molecule has 23 heavy (non-hydrogen) atoms. The summed E-state index contributed by atoms with van der Waals surface area (Å²) in [4.78, 5) is 26.2. The molecule has 0 bridgehead atoms. The lowest BCUT2D eigenvalue weighted by Gasteiger charge is -2.33. The fraction of sp³-hybridized carbons (Fsp3) is 0.529. The minimum Gasteiger partial charge on any atom is -0.368 e. The molecule has 1 aromatic carbocycles. The Morgan fingerprint density at radius 3 is 2.83 bits per heavy atom. The Kier molecular flexibility index (Phi) is 5.65. The number of hydrogen-bond donors (Lipinski definition) is 2. The molecule has 0 aromatic heterocycles. The molecular weight excluding hydrogens is 314 g/mol. The molecule has 1 aliphatic rings. The third-order valence-electron chi connectivity index (χ3n) is 4.50. The first-order chi connectivity index (χ1) is 10.8. The first-order valence-corrected chi connectivity index (χ1v) is 8.29. The maximum atomic E-state index is 12.4. The number of piperidine rings is 1. The largest absolute Gasteiger partial charge is 0.368 e. The van der Waals surface area contributed by atoms with Crippen molar-refractivity contribution < 1.29 is 9.59 Å². The van der Waals surface area contributed by atoms with Gasteiger partial charge in [-0.2, -0.15) is 0 Å². The summed E-state index contributed by atoms with van der Waals surface area (Å²) >= 11 is 6.00. The van der Waals surface area contributed by atoms with E-state index in [-0.39, 0.29) is 12.5 Å². The Bertz CT molecular complexity index is 593. The van der Waals surface area contributed by atoms with Gasteiger partial charge in [0.15, 0.2) is 0 Å². The van der Waals surface area contributed by atoms with Gasteiger partial charge in [0.2, 0.25) is 11.8 Å². The first-order valence-electron chi connectivity index (χ1n) is 7.91. The van der Waals surface area contributed by atoms with E-state index in [4.69, 9.17) is 17.3 Å². The van der Waals surface area contributed by atoms with Crippen LogP contribution in [0.15, 0.2) is 24.3 Å². The highest BCUT2D eigenvalue weighted by molar-refractivity contribution is 6.30. The van der Waals surface area contributed by atoms with E-state index in [2.05, 4.69) is 12.2 Å². The van der Waals surface area contributed by atoms with Gasteiger partial charge in [-0.1, -0.05) is 30.7 Å². The molecule has 1 aliphatic heterocycles. The first kappa shape index (κ1) is 17.8. The summed E-state index contributed by atoms with van der Waals surface area (Å²) in [6.45, 7) is 5.43. The number of benzene rings is 1. The van der Waals surface area contributed by atoms with Crippen LogP contribution in [-0.4, -0.2) is 36.3 Å². The number of nitrogens with zero attached hydrogens (tertiary/aromatic N) is 1. The highest BCUT2D eigenvalue weighted by atomic mass is 35.5. The van der Waals surface area contributed by atoms with Crippen molar-refractivity contribution in [2.45, 2.75) is 32.2 Å². The average Bonchev–Trinajstić information content (AvgIpc) is 2.52. The summed E-state index contributed by atoms with van der Waals surface area (Å²) in [6.07, 6.45) is 2.17. The molecule has 2 atom stereocenters. The average molecular weight is 338 g/mol. The molecule has 6 heteroatoms. The lowest BCUT2D eigenvalue weighted by atomic mass is 9.91. The van der Waals surface area contributed by atoms with E-state index < -0.39 is 11.4 Å². The number of nitrogens with two attached hydrogens (primary N) is 1. The lowest BCUT2D eigenvalue weighted by molar-refractivity contribution is -0.133. The molecule has 0 radical (unpaired) electrons. The molecule has 1 heterocycles. The van der Waals surface area contributed by atoms with Crippen LogP contribution < -0.4 is 11.1 Å². The molecule has 2 rings (SSSR count). The van der Waals surface area contributed by atoms with E-state index in [1.807, 2.05) is 4.90 Å². The molecule has 5 nitrogen and oxygen atoms in total. The number of primary amides is 1. The molecule has 1 saturated heterocycles. The number of rotatable bonds is 5. The van der Waals surface area contributed by atoms with Gasteiger partial charge in [0.1, 0.15) is 5.54 Å². The molecule has 126 valence electrons. The van der Waals surface area contributed by atoms with Crippen molar-refractivity contribution in [3.8, 4) is 0 Å². The lowest BCUT2D eigenvalue weighted by Crippen LogP contribution is -2.54. The number of carbonyl (C=O) groups is 2. The molecule has 1 fully saturated rings. The van der Waals surface area contributed by atoms with E-state index in [0.29, 0.717) is 16.5 Å². The van der Waals surface area contributed by atoms with Gasteiger partial charge in [-0.25, -0.2) is 0 Å². The zero-order valence-corrected chi connectivity index (χ0v) is 14.4. The van der Waals surface area contributed by atoms with Crippen molar-refractivity contribution in [2.24, 2.45) is 11.7 Å². The van der Waals surface area contributed by atoms with Crippen molar-refractivity contribution in [1.29, 1.82) is 0 Å². The second-order valence-electron chi connectivity index (χ2n) is 6.44. The number of amides is 2. The smallest absolute Gasteiger partial charge is 0.242 e. The fourth-order valence-corrected chi connectivity index (χ4v) is 3.10. The molecule has 0 spiro atoms. The molecular formula is C17H24ClN3O2. The molecule has 0 saturated carbocycles. The van der Waals surface area contributed by atoms with Crippen LogP contribution in [0.2, 0.25) is 5.02 Å². The summed E-state index contributed by atoms with van der Waals surface area (Å²) < 4.78 is 0. The Labute approximate surface area is 142 Å². The minimum absolute atomic E-state index is 0.00828. The number of carbonyl (C=O) groups excluding carboxylic acids is 2. The summed E-state index contributed by atoms with van der Waals surface area (Å²) in [5.74, 6) is -0.0335. The van der Waals surface area contributed by atoms with E-state index in [1.54, 1.807) is 31.2 Å². The van der Waals surface area contributed by atoms with E-state index in [0.717, 1.165) is 25.9 Å². The topological polar surface area (TPSA) is 75.4 Å². The molecule has 0 aliphatic carbocycles. The Morgan fingerprint density at radius 1 is 1.48 bits per heavy atom. The zero-order valence-electron chi connectivity index (χ0n) is 13.6. The molecule has 2 amide bonds.